The fourth-order valence-corrected chi connectivity index (χ4v) is 1.78. The van der Waals surface area contributed by atoms with Crippen molar-refractivity contribution in [3.63, 3.8) is 0 Å². The highest BCUT2D eigenvalue weighted by Gasteiger charge is 2.09. The lowest BCUT2D eigenvalue weighted by Gasteiger charge is -2.15. The molecule has 0 saturated carbocycles. The number of nitrogens with zero attached hydrogens (tertiary/aromatic N) is 2. The van der Waals surface area contributed by atoms with Crippen molar-refractivity contribution in [2.24, 2.45) is 5.73 Å². The number of nitrogens with one attached hydrogen (secondary N) is 2. The van der Waals surface area contributed by atoms with Gasteiger partial charge >= 0.3 is 0 Å². The van der Waals surface area contributed by atoms with Gasteiger partial charge in [0, 0.05) is 31.7 Å². The molecule has 1 rings (SSSR count). The minimum Gasteiger partial charge on any atom is -0.374 e. The van der Waals surface area contributed by atoms with Crippen LogP contribution in [0.2, 0.25) is 0 Å². The number of aromatic nitrogens is 2. The molecule has 4 N–H and O–H groups in total. The summed E-state index contributed by atoms with van der Waals surface area (Å²) in [7, 11) is 0. The summed E-state index contributed by atoms with van der Waals surface area (Å²) in [4.78, 5) is 19.7. The quantitative estimate of drug-likeness (QED) is 0.604. The maximum absolute atomic E-state index is 10.9. The number of rotatable bonds is 10. The minimum atomic E-state index is -0.345. The van der Waals surface area contributed by atoms with Crippen LogP contribution < -0.4 is 16.4 Å². The fraction of sp³-hybridized carbons (Fsp3) is 0.643. The number of anilines is 2. The van der Waals surface area contributed by atoms with E-state index in [0.717, 1.165) is 18.8 Å². The van der Waals surface area contributed by atoms with Gasteiger partial charge in [0.25, 0.3) is 0 Å². The number of hydrogen-bond acceptors (Lipinski definition) is 6. The molecular formula is C14H25N5O2. The molecule has 1 unspecified atom stereocenters. The van der Waals surface area contributed by atoms with Gasteiger partial charge in [0.05, 0.1) is 0 Å². The van der Waals surface area contributed by atoms with E-state index in [1.54, 1.807) is 0 Å². The summed E-state index contributed by atoms with van der Waals surface area (Å²) in [6, 6.07) is 1.74. The number of hydrogen-bond donors (Lipinski definition) is 3. The molecule has 1 atom stereocenters. The average Bonchev–Trinajstić information content (AvgIpc) is 2.41. The molecule has 7 nitrogen and oxygen atoms in total. The van der Waals surface area contributed by atoms with Crippen LogP contribution in [0.4, 0.5) is 11.6 Å². The van der Waals surface area contributed by atoms with E-state index >= 15 is 0 Å². The summed E-state index contributed by atoms with van der Waals surface area (Å²) < 4.78 is 5.35. The van der Waals surface area contributed by atoms with E-state index in [1.165, 1.54) is 0 Å². The van der Waals surface area contributed by atoms with Crippen molar-refractivity contribution < 1.29 is 9.53 Å². The van der Waals surface area contributed by atoms with E-state index in [4.69, 9.17) is 10.5 Å². The molecule has 0 bridgehead atoms. The Morgan fingerprint density at radius 2 is 2.10 bits per heavy atom. The molecule has 1 heterocycles. The number of carbonyl (C=O) groups is 1. The van der Waals surface area contributed by atoms with Gasteiger partial charge in [-0.2, -0.15) is 0 Å². The largest absolute Gasteiger partial charge is 0.374 e. The van der Waals surface area contributed by atoms with Crippen LogP contribution in [-0.2, 0) is 16.1 Å². The minimum absolute atomic E-state index is 0.0867. The molecule has 0 spiro atoms. The predicted octanol–water partition coefficient (Wildman–Crippen LogP) is 1.51. The van der Waals surface area contributed by atoms with E-state index in [2.05, 4.69) is 27.5 Å². The van der Waals surface area contributed by atoms with Crippen LogP contribution in [0.15, 0.2) is 6.07 Å². The summed E-state index contributed by atoms with van der Waals surface area (Å²) in [5.74, 6) is 1.66. The van der Waals surface area contributed by atoms with Gasteiger partial charge in [-0.3, -0.25) is 4.79 Å². The second kappa shape index (κ2) is 9.12. The van der Waals surface area contributed by atoms with Crippen molar-refractivity contribution in [3.8, 4) is 0 Å². The summed E-state index contributed by atoms with van der Waals surface area (Å²) in [5.41, 5.74) is 5.19. The Labute approximate surface area is 125 Å². The molecule has 0 saturated heterocycles. The Morgan fingerprint density at radius 3 is 2.71 bits per heavy atom. The van der Waals surface area contributed by atoms with Crippen LogP contribution in [0, 0.1) is 0 Å². The Morgan fingerprint density at radius 1 is 1.38 bits per heavy atom. The van der Waals surface area contributed by atoms with Crippen LogP contribution in [-0.4, -0.2) is 35.1 Å². The lowest BCUT2D eigenvalue weighted by atomic mass is 10.2. The summed E-state index contributed by atoms with van der Waals surface area (Å²) >= 11 is 0. The van der Waals surface area contributed by atoms with E-state index < -0.39 is 0 Å². The van der Waals surface area contributed by atoms with Crippen molar-refractivity contribution in [3.05, 3.63) is 11.9 Å². The molecule has 0 aromatic carbocycles. The molecule has 1 aromatic rings. The lowest BCUT2D eigenvalue weighted by Crippen LogP contribution is -2.24. The van der Waals surface area contributed by atoms with E-state index in [9.17, 15) is 4.79 Å². The van der Waals surface area contributed by atoms with Crippen molar-refractivity contribution in [1.82, 2.24) is 9.97 Å². The smallest absolute Gasteiger partial charge is 0.219 e. The van der Waals surface area contributed by atoms with Crippen molar-refractivity contribution in [2.75, 3.05) is 23.8 Å². The Bertz CT molecular complexity index is 427. The first kappa shape index (κ1) is 17.2. The van der Waals surface area contributed by atoms with Crippen LogP contribution in [0.5, 0.6) is 0 Å². The van der Waals surface area contributed by atoms with Crippen molar-refractivity contribution >= 4 is 17.5 Å². The summed E-state index contributed by atoms with van der Waals surface area (Å²) in [6.45, 7) is 7.69. The van der Waals surface area contributed by atoms with E-state index in [0.29, 0.717) is 24.9 Å². The first-order valence-electron chi connectivity index (χ1n) is 7.29. The normalized spacial score (nSPS) is 12.0. The highest BCUT2D eigenvalue weighted by atomic mass is 16.5. The monoisotopic (exact) mass is 295 g/mol. The van der Waals surface area contributed by atoms with Gasteiger partial charge < -0.3 is 21.1 Å². The van der Waals surface area contributed by atoms with Crippen LogP contribution in [0.25, 0.3) is 0 Å². The van der Waals surface area contributed by atoms with Crippen LogP contribution >= 0.6 is 0 Å². The fourth-order valence-electron chi connectivity index (χ4n) is 1.78. The highest BCUT2D eigenvalue weighted by molar-refractivity contribution is 5.74. The molecule has 0 aliphatic carbocycles. The zero-order valence-corrected chi connectivity index (χ0v) is 13.0. The van der Waals surface area contributed by atoms with Crippen LogP contribution in [0.3, 0.4) is 0 Å². The number of amides is 1. The van der Waals surface area contributed by atoms with E-state index in [-0.39, 0.29) is 18.4 Å². The zero-order valence-electron chi connectivity index (χ0n) is 13.0. The van der Waals surface area contributed by atoms with Gasteiger partial charge in [-0.05, 0) is 20.3 Å². The number of nitrogens with two attached hydrogens (primary N) is 1. The van der Waals surface area contributed by atoms with E-state index in [1.807, 2.05) is 19.9 Å². The molecule has 1 amide bonds. The van der Waals surface area contributed by atoms with Gasteiger partial charge in [-0.1, -0.05) is 6.92 Å². The van der Waals surface area contributed by atoms with Gasteiger partial charge in [0.1, 0.15) is 18.2 Å². The number of carbonyl (C=O) groups excluding carboxylic acids is 1. The van der Waals surface area contributed by atoms with Crippen molar-refractivity contribution in [2.45, 2.75) is 46.3 Å². The highest BCUT2D eigenvalue weighted by Crippen LogP contribution is 2.14. The SMILES string of the molecule is CCCNc1cc(NC(C)CC(N)=O)nc(COCC)n1. The third kappa shape index (κ3) is 6.89. The van der Waals surface area contributed by atoms with Gasteiger partial charge in [0.15, 0.2) is 5.82 Å². The first-order valence-corrected chi connectivity index (χ1v) is 7.29. The molecular weight excluding hydrogens is 270 g/mol. The maximum Gasteiger partial charge on any atom is 0.219 e. The average molecular weight is 295 g/mol. The van der Waals surface area contributed by atoms with Gasteiger partial charge in [0.2, 0.25) is 5.91 Å². The number of ether oxygens (including phenoxy) is 1. The lowest BCUT2D eigenvalue weighted by molar-refractivity contribution is -0.118. The molecule has 0 aliphatic heterocycles. The molecule has 0 aliphatic rings. The van der Waals surface area contributed by atoms with Crippen LogP contribution in [0.1, 0.15) is 39.4 Å². The molecule has 118 valence electrons. The Hall–Kier alpha value is -1.89. The summed E-state index contributed by atoms with van der Waals surface area (Å²) in [6.07, 6.45) is 1.26. The summed E-state index contributed by atoms with van der Waals surface area (Å²) in [5, 5.41) is 6.39. The standard InChI is InChI=1S/C14H25N5O2/c1-4-6-16-12-8-13(17-10(3)7-11(15)20)19-14(18-12)9-21-5-2/h8,10H,4-7,9H2,1-3H3,(H2,15,20)(H2,16,17,18,19). The molecule has 0 fully saturated rings. The predicted molar refractivity (Wildman–Crippen MR) is 83.0 cm³/mol. The topological polar surface area (TPSA) is 102 Å². The first-order chi connectivity index (χ1) is 10.0. The van der Waals surface area contributed by atoms with Gasteiger partial charge in [-0.25, -0.2) is 9.97 Å². The molecule has 21 heavy (non-hydrogen) atoms. The third-order valence-electron chi connectivity index (χ3n) is 2.67. The molecule has 1 aromatic heterocycles. The zero-order chi connectivity index (χ0) is 15.7. The maximum atomic E-state index is 10.9. The second-order valence-electron chi connectivity index (χ2n) is 4.83. The Kier molecular flexibility index (Phi) is 7.45. The van der Waals surface area contributed by atoms with Crippen molar-refractivity contribution in [1.29, 1.82) is 0 Å². The molecule has 0 radical (unpaired) electrons. The third-order valence-corrected chi connectivity index (χ3v) is 2.67. The van der Waals surface area contributed by atoms with Gasteiger partial charge in [-0.15, -0.1) is 0 Å². The number of primary amides is 1. The molecule has 7 heteroatoms. The second-order valence-corrected chi connectivity index (χ2v) is 4.83. The Balaban J connectivity index is 2.81.